The van der Waals surface area contributed by atoms with Crippen LogP contribution < -0.4 is 15.0 Å². The van der Waals surface area contributed by atoms with Crippen molar-refractivity contribution >= 4 is 17.4 Å². The Bertz CT molecular complexity index is 881. The van der Waals surface area contributed by atoms with E-state index in [1.54, 1.807) is 18.2 Å². The summed E-state index contributed by atoms with van der Waals surface area (Å²) >= 11 is 0. The lowest BCUT2D eigenvalue weighted by Crippen LogP contribution is -2.31. The van der Waals surface area contributed by atoms with Crippen LogP contribution in [0.4, 0.5) is 11.5 Å². The van der Waals surface area contributed by atoms with Crippen molar-refractivity contribution in [2.24, 2.45) is 0 Å². The smallest absolute Gasteiger partial charge is 0.278 e. The van der Waals surface area contributed by atoms with Crippen LogP contribution in [0, 0.1) is 0 Å². The number of rotatable bonds is 8. The van der Waals surface area contributed by atoms with Crippen molar-refractivity contribution in [3.8, 4) is 5.75 Å². The third-order valence-corrected chi connectivity index (χ3v) is 4.38. The van der Waals surface area contributed by atoms with Gasteiger partial charge in [0, 0.05) is 18.8 Å². The lowest BCUT2D eigenvalue weighted by Gasteiger charge is -2.20. The first-order valence-electron chi connectivity index (χ1n) is 9.27. The molecule has 1 amide bonds. The minimum absolute atomic E-state index is 0.161. The van der Waals surface area contributed by atoms with Gasteiger partial charge in [0.25, 0.3) is 5.91 Å². The standard InChI is InChI=1S/C22H24N4O2/c1-3-26(18-7-5-4-6-8-18)22(27)20-15-25-21(16-24-20)23-14-13-17-9-11-19(28-2)12-10-17/h4-12,15-16H,3,13-14H2,1-2H3,(H,23,25). The van der Waals surface area contributed by atoms with Gasteiger partial charge >= 0.3 is 0 Å². The number of amides is 1. The fraction of sp³-hybridized carbons (Fsp3) is 0.227. The number of carbonyl (C=O) groups is 1. The molecule has 0 aliphatic heterocycles. The fourth-order valence-electron chi connectivity index (χ4n) is 2.85. The third kappa shape index (κ3) is 4.85. The van der Waals surface area contributed by atoms with Gasteiger partial charge in [-0.25, -0.2) is 9.97 Å². The summed E-state index contributed by atoms with van der Waals surface area (Å²) in [6.07, 6.45) is 3.97. The maximum atomic E-state index is 12.7. The van der Waals surface area contributed by atoms with Gasteiger partial charge in [-0.1, -0.05) is 30.3 Å². The van der Waals surface area contributed by atoms with E-state index in [9.17, 15) is 4.79 Å². The van der Waals surface area contributed by atoms with Gasteiger partial charge in [-0.2, -0.15) is 0 Å². The molecule has 0 aliphatic carbocycles. The molecule has 3 aromatic rings. The molecule has 0 bridgehead atoms. The van der Waals surface area contributed by atoms with Gasteiger partial charge in [0.2, 0.25) is 0 Å². The number of benzene rings is 2. The Labute approximate surface area is 165 Å². The van der Waals surface area contributed by atoms with Crippen LogP contribution in [0.1, 0.15) is 23.0 Å². The lowest BCUT2D eigenvalue weighted by atomic mass is 10.1. The highest BCUT2D eigenvalue weighted by molar-refractivity contribution is 6.04. The Balaban J connectivity index is 1.57. The van der Waals surface area contributed by atoms with E-state index < -0.39 is 0 Å². The second kappa shape index (κ2) is 9.50. The van der Waals surface area contributed by atoms with Crippen molar-refractivity contribution in [3.63, 3.8) is 0 Å². The van der Waals surface area contributed by atoms with Crippen molar-refractivity contribution in [1.82, 2.24) is 9.97 Å². The Hall–Kier alpha value is -3.41. The van der Waals surface area contributed by atoms with Gasteiger partial charge in [0.1, 0.15) is 17.3 Å². The summed E-state index contributed by atoms with van der Waals surface area (Å²) in [5, 5.41) is 3.23. The van der Waals surface area contributed by atoms with E-state index in [0.717, 1.165) is 24.4 Å². The molecule has 1 heterocycles. The fourth-order valence-corrected chi connectivity index (χ4v) is 2.85. The normalized spacial score (nSPS) is 10.4. The average molecular weight is 376 g/mol. The highest BCUT2D eigenvalue weighted by atomic mass is 16.5. The average Bonchev–Trinajstić information content (AvgIpc) is 2.76. The Morgan fingerprint density at radius 2 is 1.79 bits per heavy atom. The summed E-state index contributed by atoms with van der Waals surface area (Å²) in [6.45, 7) is 3.22. The molecule has 0 atom stereocenters. The quantitative estimate of drug-likeness (QED) is 0.648. The van der Waals surface area contributed by atoms with Crippen molar-refractivity contribution in [1.29, 1.82) is 0 Å². The van der Waals surface area contributed by atoms with E-state index in [1.165, 1.54) is 11.8 Å². The molecule has 0 unspecified atom stereocenters. The van der Waals surface area contributed by atoms with Crippen molar-refractivity contribution < 1.29 is 9.53 Å². The predicted molar refractivity (Wildman–Crippen MR) is 111 cm³/mol. The maximum Gasteiger partial charge on any atom is 0.278 e. The number of hydrogen-bond acceptors (Lipinski definition) is 5. The summed E-state index contributed by atoms with van der Waals surface area (Å²) in [5.41, 5.74) is 2.37. The monoisotopic (exact) mass is 376 g/mol. The Kier molecular flexibility index (Phi) is 6.57. The van der Waals surface area contributed by atoms with Gasteiger partial charge in [-0.05, 0) is 43.2 Å². The number of methoxy groups -OCH3 is 1. The van der Waals surface area contributed by atoms with Crippen molar-refractivity contribution in [2.45, 2.75) is 13.3 Å². The number of carbonyl (C=O) groups excluding carboxylic acids is 1. The molecular weight excluding hydrogens is 352 g/mol. The Morgan fingerprint density at radius 3 is 2.39 bits per heavy atom. The van der Waals surface area contributed by atoms with Crippen LogP contribution in [0.25, 0.3) is 0 Å². The molecule has 0 spiro atoms. The number of nitrogens with one attached hydrogen (secondary N) is 1. The van der Waals surface area contributed by atoms with Crippen LogP contribution in [-0.4, -0.2) is 36.1 Å². The zero-order chi connectivity index (χ0) is 19.8. The molecule has 1 N–H and O–H groups in total. The number of ether oxygens (including phenoxy) is 1. The van der Waals surface area contributed by atoms with E-state index in [1.807, 2.05) is 61.5 Å². The summed E-state index contributed by atoms with van der Waals surface area (Å²) in [7, 11) is 1.66. The number of aromatic nitrogens is 2. The Morgan fingerprint density at radius 1 is 1.04 bits per heavy atom. The highest BCUT2D eigenvalue weighted by Crippen LogP contribution is 2.16. The van der Waals surface area contributed by atoms with Gasteiger partial charge in [0.05, 0.1) is 19.5 Å². The molecule has 0 fully saturated rings. The lowest BCUT2D eigenvalue weighted by molar-refractivity contribution is 0.0983. The molecule has 144 valence electrons. The van der Waals surface area contributed by atoms with Crippen LogP contribution in [0.15, 0.2) is 67.0 Å². The van der Waals surface area contributed by atoms with Gasteiger partial charge in [0.15, 0.2) is 0 Å². The van der Waals surface area contributed by atoms with Crippen LogP contribution >= 0.6 is 0 Å². The molecule has 0 saturated carbocycles. The van der Waals surface area contributed by atoms with E-state index in [0.29, 0.717) is 18.1 Å². The zero-order valence-electron chi connectivity index (χ0n) is 16.1. The van der Waals surface area contributed by atoms with Crippen LogP contribution in [0.3, 0.4) is 0 Å². The zero-order valence-corrected chi connectivity index (χ0v) is 16.1. The molecule has 0 aliphatic rings. The topological polar surface area (TPSA) is 67.4 Å². The van der Waals surface area contributed by atoms with Crippen molar-refractivity contribution in [3.05, 3.63) is 78.2 Å². The minimum Gasteiger partial charge on any atom is -0.497 e. The largest absolute Gasteiger partial charge is 0.497 e. The van der Waals surface area contributed by atoms with E-state index in [4.69, 9.17) is 4.74 Å². The molecule has 1 aromatic heterocycles. The SMILES string of the molecule is CCN(C(=O)c1cnc(NCCc2ccc(OC)cc2)cn1)c1ccccc1. The molecule has 0 radical (unpaired) electrons. The number of para-hydroxylation sites is 1. The first-order chi connectivity index (χ1) is 13.7. The van der Waals surface area contributed by atoms with E-state index >= 15 is 0 Å². The van der Waals surface area contributed by atoms with Gasteiger partial charge in [-0.3, -0.25) is 4.79 Å². The molecule has 2 aromatic carbocycles. The first kappa shape index (κ1) is 19.4. The second-order valence-corrected chi connectivity index (χ2v) is 6.20. The highest BCUT2D eigenvalue weighted by Gasteiger charge is 2.17. The number of nitrogens with zero attached hydrogens (tertiary/aromatic N) is 3. The van der Waals surface area contributed by atoms with Crippen LogP contribution in [0.5, 0.6) is 5.75 Å². The minimum atomic E-state index is -0.161. The summed E-state index contributed by atoms with van der Waals surface area (Å²) in [5.74, 6) is 1.33. The maximum absolute atomic E-state index is 12.7. The molecule has 28 heavy (non-hydrogen) atoms. The molecule has 6 nitrogen and oxygen atoms in total. The summed E-state index contributed by atoms with van der Waals surface area (Å²) in [4.78, 5) is 23.0. The second-order valence-electron chi connectivity index (χ2n) is 6.20. The predicted octanol–water partition coefficient (Wildman–Crippen LogP) is 3.81. The van der Waals surface area contributed by atoms with Gasteiger partial charge in [-0.15, -0.1) is 0 Å². The number of hydrogen-bond donors (Lipinski definition) is 1. The van der Waals surface area contributed by atoms with Gasteiger partial charge < -0.3 is 15.0 Å². The molecule has 3 rings (SSSR count). The number of anilines is 2. The van der Waals surface area contributed by atoms with E-state index in [2.05, 4.69) is 15.3 Å². The van der Waals surface area contributed by atoms with E-state index in [-0.39, 0.29) is 5.91 Å². The molecule has 0 saturated heterocycles. The molecule has 6 heteroatoms. The third-order valence-electron chi connectivity index (χ3n) is 4.38. The summed E-state index contributed by atoms with van der Waals surface area (Å²) < 4.78 is 5.16. The first-order valence-corrected chi connectivity index (χ1v) is 9.27. The van der Waals surface area contributed by atoms with Crippen LogP contribution in [0.2, 0.25) is 0 Å². The van der Waals surface area contributed by atoms with Crippen molar-refractivity contribution in [2.75, 3.05) is 30.4 Å². The molecular formula is C22H24N4O2. The van der Waals surface area contributed by atoms with Crippen LogP contribution in [-0.2, 0) is 6.42 Å². The summed E-state index contributed by atoms with van der Waals surface area (Å²) in [6, 6.07) is 17.5.